The van der Waals surface area contributed by atoms with Crippen LogP contribution in [0.3, 0.4) is 0 Å². The number of hydrazone groups is 1. The van der Waals surface area contributed by atoms with Gasteiger partial charge >= 0.3 is 11.8 Å². The zero-order valence-corrected chi connectivity index (χ0v) is 14.5. The molecular weight excluding hydrogens is 294 g/mol. The Labute approximate surface area is 138 Å². The summed E-state index contributed by atoms with van der Waals surface area (Å²) >= 11 is 0. The summed E-state index contributed by atoms with van der Waals surface area (Å²) in [7, 11) is 0. The van der Waals surface area contributed by atoms with Crippen molar-refractivity contribution >= 4 is 17.5 Å². The second-order valence-corrected chi connectivity index (χ2v) is 7.60. The van der Waals surface area contributed by atoms with E-state index in [0.29, 0.717) is 17.9 Å². The average molecular weight is 323 g/mol. The number of rotatable bonds is 3. The normalized spacial score (nSPS) is 25.1. The van der Waals surface area contributed by atoms with Gasteiger partial charge in [0.2, 0.25) is 0 Å². The van der Waals surface area contributed by atoms with E-state index in [9.17, 15) is 9.59 Å². The fraction of sp³-hybridized carbons (Fsp3) is 0.824. The first-order valence-corrected chi connectivity index (χ1v) is 8.61. The summed E-state index contributed by atoms with van der Waals surface area (Å²) in [6.45, 7) is 7.91. The molecule has 0 aromatic carbocycles. The third kappa shape index (κ3) is 5.61. The Kier molecular flexibility index (Phi) is 6.16. The van der Waals surface area contributed by atoms with Crippen LogP contribution in [0.15, 0.2) is 5.10 Å². The van der Waals surface area contributed by atoms with Gasteiger partial charge in [-0.2, -0.15) is 5.10 Å². The molecule has 2 N–H and O–H groups in total. The van der Waals surface area contributed by atoms with Gasteiger partial charge in [-0.15, -0.1) is 0 Å². The molecule has 2 fully saturated rings. The molecule has 1 aliphatic heterocycles. The van der Waals surface area contributed by atoms with E-state index < -0.39 is 11.8 Å². The maximum Gasteiger partial charge on any atom is 0.329 e. The fourth-order valence-electron chi connectivity index (χ4n) is 3.20. The zero-order valence-electron chi connectivity index (χ0n) is 14.5. The van der Waals surface area contributed by atoms with Crippen molar-refractivity contribution in [2.75, 3.05) is 13.2 Å². The van der Waals surface area contributed by atoms with Gasteiger partial charge in [-0.05, 0) is 49.9 Å². The highest BCUT2D eigenvalue weighted by molar-refractivity contribution is 6.35. The summed E-state index contributed by atoms with van der Waals surface area (Å²) in [5.74, 6) is -0.659. The summed E-state index contributed by atoms with van der Waals surface area (Å²) in [6.07, 6.45) is 5.92. The van der Waals surface area contributed by atoms with Crippen molar-refractivity contribution in [1.29, 1.82) is 0 Å². The van der Waals surface area contributed by atoms with Crippen LogP contribution < -0.4 is 10.7 Å². The number of carbonyl (C=O) groups is 2. The monoisotopic (exact) mass is 323 g/mol. The maximum atomic E-state index is 11.7. The minimum absolute atomic E-state index is 0.0331. The molecule has 1 heterocycles. The van der Waals surface area contributed by atoms with Crippen LogP contribution in [0.1, 0.15) is 59.3 Å². The predicted molar refractivity (Wildman–Crippen MR) is 89.0 cm³/mol. The molecule has 0 bridgehead atoms. The molecule has 1 atom stereocenters. The minimum Gasteiger partial charge on any atom is -0.376 e. The Morgan fingerprint density at radius 3 is 2.43 bits per heavy atom. The number of hydrogen-bond donors (Lipinski definition) is 2. The molecule has 0 spiro atoms. The number of amides is 2. The van der Waals surface area contributed by atoms with Crippen molar-refractivity contribution in [3.05, 3.63) is 0 Å². The van der Waals surface area contributed by atoms with E-state index in [4.69, 9.17) is 4.74 Å². The predicted octanol–water partition coefficient (Wildman–Crippen LogP) is 1.99. The highest BCUT2D eigenvalue weighted by Gasteiger charge is 2.28. The molecule has 2 amide bonds. The maximum absolute atomic E-state index is 11.7. The highest BCUT2D eigenvalue weighted by atomic mass is 16.5. The summed E-state index contributed by atoms with van der Waals surface area (Å²) in [4.78, 5) is 23.5. The summed E-state index contributed by atoms with van der Waals surface area (Å²) in [5.41, 5.74) is 3.67. The molecule has 0 aromatic rings. The van der Waals surface area contributed by atoms with E-state index in [2.05, 4.69) is 36.6 Å². The first-order chi connectivity index (χ1) is 10.9. The van der Waals surface area contributed by atoms with Gasteiger partial charge in [-0.3, -0.25) is 9.59 Å². The molecule has 2 aliphatic rings. The van der Waals surface area contributed by atoms with Crippen LogP contribution in [0.4, 0.5) is 0 Å². The van der Waals surface area contributed by atoms with Crippen LogP contribution in [0.5, 0.6) is 0 Å². The van der Waals surface area contributed by atoms with Crippen LogP contribution in [-0.4, -0.2) is 36.8 Å². The number of nitrogens with one attached hydrogen (secondary N) is 2. The van der Waals surface area contributed by atoms with Crippen molar-refractivity contribution in [2.24, 2.45) is 16.4 Å². The summed E-state index contributed by atoms with van der Waals surface area (Å²) < 4.78 is 5.40. The van der Waals surface area contributed by atoms with Crippen molar-refractivity contribution in [3.63, 3.8) is 0 Å². The molecule has 0 radical (unpaired) electrons. The first-order valence-electron chi connectivity index (χ1n) is 8.61. The molecule has 130 valence electrons. The first kappa shape index (κ1) is 17.9. The molecule has 6 nitrogen and oxygen atoms in total. The van der Waals surface area contributed by atoms with E-state index in [1.165, 1.54) is 0 Å². The van der Waals surface area contributed by atoms with Crippen LogP contribution >= 0.6 is 0 Å². The van der Waals surface area contributed by atoms with Crippen LogP contribution in [0, 0.1) is 11.3 Å². The quantitative estimate of drug-likeness (QED) is 0.616. The molecule has 1 aliphatic carbocycles. The second kappa shape index (κ2) is 7.90. The fourth-order valence-corrected chi connectivity index (χ4v) is 3.20. The van der Waals surface area contributed by atoms with Gasteiger partial charge in [-0.1, -0.05) is 20.8 Å². The molecule has 6 heteroatoms. The van der Waals surface area contributed by atoms with Gasteiger partial charge in [0.15, 0.2) is 0 Å². The van der Waals surface area contributed by atoms with E-state index >= 15 is 0 Å². The van der Waals surface area contributed by atoms with Crippen molar-refractivity contribution < 1.29 is 14.3 Å². The van der Waals surface area contributed by atoms with Crippen LogP contribution in [-0.2, 0) is 14.3 Å². The van der Waals surface area contributed by atoms with E-state index in [0.717, 1.165) is 50.8 Å². The lowest BCUT2D eigenvalue weighted by Gasteiger charge is -2.34. The largest absolute Gasteiger partial charge is 0.376 e. The van der Waals surface area contributed by atoms with E-state index in [1.807, 2.05) is 0 Å². The van der Waals surface area contributed by atoms with Crippen LogP contribution in [0.2, 0.25) is 0 Å². The lowest BCUT2D eigenvalue weighted by atomic mass is 9.72. The van der Waals surface area contributed by atoms with Crippen molar-refractivity contribution in [2.45, 2.75) is 65.4 Å². The van der Waals surface area contributed by atoms with E-state index in [-0.39, 0.29) is 6.10 Å². The molecule has 1 saturated carbocycles. The van der Waals surface area contributed by atoms with Gasteiger partial charge in [0.25, 0.3) is 0 Å². The van der Waals surface area contributed by atoms with Gasteiger partial charge < -0.3 is 10.1 Å². The Balaban J connectivity index is 1.70. The molecule has 23 heavy (non-hydrogen) atoms. The van der Waals surface area contributed by atoms with Gasteiger partial charge in [0, 0.05) is 18.9 Å². The van der Waals surface area contributed by atoms with Gasteiger partial charge in [0.1, 0.15) is 0 Å². The average Bonchev–Trinajstić information content (AvgIpc) is 3.03. The Morgan fingerprint density at radius 2 is 1.87 bits per heavy atom. The van der Waals surface area contributed by atoms with E-state index in [1.54, 1.807) is 0 Å². The number of nitrogens with zero attached hydrogens (tertiary/aromatic N) is 1. The summed E-state index contributed by atoms with van der Waals surface area (Å²) in [5, 5.41) is 6.72. The van der Waals surface area contributed by atoms with Gasteiger partial charge in [0.05, 0.1) is 6.10 Å². The number of carbonyl (C=O) groups excluding carboxylic acids is 2. The number of hydrogen-bond acceptors (Lipinski definition) is 4. The Morgan fingerprint density at radius 1 is 1.17 bits per heavy atom. The smallest absolute Gasteiger partial charge is 0.329 e. The molecule has 2 rings (SSSR count). The van der Waals surface area contributed by atoms with Gasteiger partial charge in [-0.25, -0.2) is 5.43 Å². The second-order valence-electron chi connectivity index (χ2n) is 7.60. The lowest BCUT2D eigenvalue weighted by Crippen LogP contribution is -2.41. The Bertz CT molecular complexity index is 452. The van der Waals surface area contributed by atoms with Crippen molar-refractivity contribution in [3.8, 4) is 0 Å². The standard InChI is InChI=1S/C17H29N3O3/c1-17(2,3)12-6-8-13(9-7-12)19-20-16(22)15(21)18-11-14-5-4-10-23-14/h12,14H,4-11H2,1-3H3,(H,18,21)(H,20,22)/t12?,14-/m1/s1. The molecular formula is C17H29N3O3. The lowest BCUT2D eigenvalue weighted by molar-refractivity contribution is -0.139. The molecule has 0 aromatic heterocycles. The topological polar surface area (TPSA) is 79.8 Å². The molecule has 1 saturated heterocycles. The number of ether oxygens (including phenoxy) is 1. The highest BCUT2D eigenvalue weighted by Crippen LogP contribution is 2.36. The Hall–Kier alpha value is -1.43. The third-order valence-corrected chi connectivity index (χ3v) is 4.82. The van der Waals surface area contributed by atoms with Crippen LogP contribution in [0.25, 0.3) is 0 Å². The SMILES string of the molecule is CC(C)(C)C1CCC(=NNC(=O)C(=O)NC[C@H]2CCCO2)CC1. The third-order valence-electron chi connectivity index (χ3n) is 4.82. The zero-order chi connectivity index (χ0) is 16.9. The minimum atomic E-state index is -0.701. The van der Waals surface area contributed by atoms with Crippen molar-refractivity contribution in [1.82, 2.24) is 10.7 Å². The molecule has 0 unspecified atom stereocenters. The summed E-state index contributed by atoms with van der Waals surface area (Å²) in [6, 6.07) is 0.